The van der Waals surface area contributed by atoms with Crippen LogP contribution in [0.25, 0.3) is 0 Å². The lowest BCUT2D eigenvalue weighted by Crippen LogP contribution is -2.54. The van der Waals surface area contributed by atoms with Crippen molar-refractivity contribution in [1.82, 2.24) is 10.2 Å². The van der Waals surface area contributed by atoms with E-state index in [4.69, 9.17) is 4.74 Å². The summed E-state index contributed by atoms with van der Waals surface area (Å²) in [5.74, 6) is -2.08. The van der Waals surface area contributed by atoms with Crippen LogP contribution in [0.1, 0.15) is 48.5 Å². The summed E-state index contributed by atoms with van der Waals surface area (Å²) < 4.78 is 5.26. The number of hydrogen-bond donors (Lipinski definition) is 2. The van der Waals surface area contributed by atoms with Crippen molar-refractivity contribution < 1.29 is 24.2 Å². The fraction of sp³-hybridized carbons (Fsp3) is 0.722. The minimum Gasteiger partial charge on any atom is -0.481 e. The number of rotatable bonds is 5. The Morgan fingerprint density at radius 2 is 1.84 bits per heavy atom. The number of carbonyl (C=O) groups excluding carboxylic acids is 2. The highest BCUT2D eigenvalue weighted by atomic mass is 16.6. The zero-order valence-electron chi connectivity index (χ0n) is 16.2. The Morgan fingerprint density at radius 3 is 2.20 bits per heavy atom. The Bertz CT molecular complexity index is 569. The summed E-state index contributed by atoms with van der Waals surface area (Å²) in [5.41, 5.74) is -0.406. The van der Waals surface area contributed by atoms with Crippen LogP contribution < -0.4 is 5.32 Å². The first-order valence-corrected chi connectivity index (χ1v) is 8.39. The third-order valence-electron chi connectivity index (χ3n) is 3.84. The number of carboxylic acid groups (broad SMARTS) is 1. The molecule has 1 aliphatic heterocycles. The Kier molecular flexibility index (Phi) is 6.26. The summed E-state index contributed by atoms with van der Waals surface area (Å²) >= 11 is 0. The molecule has 7 nitrogen and oxygen atoms in total. The van der Waals surface area contributed by atoms with E-state index in [1.807, 2.05) is 6.92 Å². The largest absolute Gasteiger partial charge is 0.481 e. The van der Waals surface area contributed by atoms with Crippen LogP contribution in [0.15, 0.2) is 11.6 Å². The van der Waals surface area contributed by atoms with Gasteiger partial charge in [-0.25, -0.2) is 4.79 Å². The highest BCUT2D eigenvalue weighted by Gasteiger charge is 2.41. The van der Waals surface area contributed by atoms with Gasteiger partial charge in [0.2, 0.25) is 5.91 Å². The molecule has 0 aromatic heterocycles. The van der Waals surface area contributed by atoms with Crippen molar-refractivity contribution in [2.75, 3.05) is 13.1 Å². The molecule has 1 unspecified atom stereocenters. The van der Waals surface area contributed by atoms with Crippen molar-refractivity contribution in [1.29, 1.82) is 0 Å². The van der Waals surface area contributed by atoms with Gasteiger partial charge in [-0.05, 0) is 38.7 Å². The number of nitrogens with zero attached hydrogens (tertiary/aromatic N) is 1. The number of aliphatic carboxylic acids is 1. The van der Waals surface area contributed by atoms with E-state index >= 15 is 0 Å². The fourth-order valence-corrected chi connectivity index (χ4v) is 2.96. The van der Waals surface area contributed by atoms with Crippen LogP contribution in [0.2, 0.25) is 0 Å². The molecule has 142 valence electrons. The van der Waals surface area contributed by atoms with E-state index in [0.29, 0.717) is 6.54 Å². The highest BCUT2D eigenvalue weighted by molar-refractivity contribution is 5.91. The second-order valence-corrected chi connectivity index (χ2v) is 8.64. The maximum absolute atomic E-state index is 12.2. The normalized spacial score (nSPS) is 17.8. The van der Waals surface area contributed by atoms with Gasteiger partial charge in [0.15, 0.2) is 0 Å². The predicted octanol–water partition coefficient (Wildman–Crippen LogP) is 2.42. The molecule has 2 atom stereocenters. The summed E-state index contributed by atoms with van der Waals surface area (Å²) in [6.07, 6.45) is 0.835. The Balaban J connectivity index is 3.03. The second-order valence-electron chi connectivity index (χ2n) is 8.64. The molecular weight excluding hydrogens is 324 g/mol. The molecule has 1 heterocycles. The third kappa shape index (κ3) is 6.40. The summed E-state index contributed by atoms with van der Waals surface area (Å²) in [6, 6.07) is -0.768. The molecule has 25 heavy (non-hydrogen) atoms. The Morgan fingerprint density at radius 1 is 1.28 bits per heavy atom. The van der Waals surface area contributed by atoms with Crippen LogP contribution in [0, 0.1) is 11.3 Å². The SMILES string of the molecule is CC1=CC(=O)N(C[C@@H](NC(=O)OC(C)(C)C)C(C(=O)O)C(C)(C)C)C1. The molecule has 1 rings (SSSR count). The maximum Gasteiger partial charge on any atom is 0.407 e. The van der Waals surface area contributed by atoms with Crippen molar-refractivity contribution in [3.05, 3.63) is 11.6 Å². The highest BCUT2D eigenvalue weighted by Crippen LogP contribution is 2.30. The van der Waals surface area contributed by atoms with Crippen LogP contribution in [-0.4, -0.2) is 52.7 Å². The summed E-state index contributed by atoms with van der Waals surface area (Å²) in [4.78, 5) is 37.6. The van der Waals surface area contributed by atoms with E-state index in [9.17, 15) is 19.5 Å². The van der Waals surface area contributed by atoms with Crippen molar-refractivity contribution in [2.45, 2.75) is 60.1 Å². The number of hydrogen-bond acceptors (Lipinski definition) is 4. The molecule has 0 aromatic rings. The lowest BCUT2D eigenvalue weighted by Gasteiger charge is -2.36. The molecule has 0 fully saturated rings. The van der Waals surface area contributed by atoms with E-state index < -0.39 is 35.0 Å². The topological polar surface area (TPSA) is 95.9 Å². The maximum atomic E-state index is 12.2. The Hall–Kier alpha value is -2.05. The van der Waals surface area contributed by atoms with Gasteiger partial charge < -0.3 is 20.1 Å². The Labute approximate surface area is 149 Å². The summed E-state index contributed by atoms with van der Waals surface area (Å²) in [5, 5.41) is 12.4. The van der Waals surface area contributed by atoms with Gasteiger partial charge in [0.1, 0.15) is 5.60 Å². The first-order chi connectivity index (χ1) is 11.2. The lowest BCUT2D eigenvalue weighted by atomic mass is 9.76. The lowest BCUT2D eigenvalue weighted by molar-refractivity contribution is -0.147. The van der Waals surface area contributed by atoms with Crippen LogP contribution in [0.4, 0.5) is 4.79 Å². The van der Waals surface area contributed by atoms with Crippen molar-refractivity contribution in [3.8, 4) is 0 Å². The smallest absolute Gasteiger partial charge is 0.407 e. The monoisotopic (exact) mass is 354 g/mol. The van der Waals surface area contributed by atoms with Crippen LogP contribution in [-0.2, 0) is 14.3 Å². The predicted molar refractivity (Wildman–Crippen MR) is 94.1 cm³/mol. The summed E-state index contributed by atoms with van der Waals surface area (Å²) in [7, 11) is 0. The number of carbonyl (C=O) groups is 3. The van der Waals surface area contributed by atoms with E-state index in [1.165, 1.54) is 6.08 Å². The van der Waals surface area contributed by atoms with E-state index in [1.54, 1.807) is 46.4 Å². The molecule has 0 saturated heterocycles. The molecule has 0 saturated carbocycles. The minimum absolute atomic E-state index is 0.111. The zero-order valence-corrected chi connectivity index (χ0v) is 16.2. The zero-order chi connectivity index (χ0) is 19.6. The molecule has 1 aliphatic rings. The van der Waals surface area contributed by atoms with Crippen LogP contribution >= 0.6 is 0 Å². The van der Waals surface area contributed by atoms with Gasteiger partial charge in [0.25, 0.3) is 0 Å². The number of ether oxygens (including phenoxy) is 1. The van der Waals surface area contributed by atoms with Crippen LogP contribution in [0.5, 0.6) is 0 Å². The first-order valence-electron chi connectivity index (χ1n) is 8.39. The molecule has 0 aromatic carbocycles. The van der Waals surface area contributed by atoms with E-state index in [-0.39, 0.29) is 12.5 Å². The second kappa shape index (κ2) is 7.45. The number of nitrogens with one attached hydrogen (secondary N) is 1. The van der Waals surface area contributed by atoms with Gasteiger partial charge in [-0.15, -0.1) is 0 Å². The van der Waals surface area contributed by atoms with Gasteiger partial charge in [0, 0.05) is 19.2 Å². The molecular formula is C18H30N2O5. The average Bonchev–Trinajstić information content (AvgIpc) is 2.62. The average molecular weight is 354 g/mol. The third-order valence-corrected chi connectivity index (χ3v) is 3.84. The number of carboxylic acids is 1. The standard InChI is InChI=1S/C18H30N2O5/c1-11-8-13(21)20(9-11)10-12(14(15(22)23)17(2,3)4)19-16(24)25-18(5,6)7/h8,12,14H,9-10H2,1-7H3,(H,19,24)(H,22,23)/t12-,14?/m1/s1. The number of alkyl carbamates (subject to hydrolysis) is 1. The van der Waals surface area contributed by atoms with Gasteiger partial charge in [0.05, 0.1) is 12.0 Å². The molecule has 0 bridgehead atoms. The van der Waals surface area contributed by atoms with Gasteiger partial charge in [-0.1, -0.05) is 20.8 Å². The summed E-state index contributed by atoms with van der Waals surface area (Å²) in [6.45, 7) is 13.0. The number of amides is 2. The van der Waals surface area contributed by atoms with Crippen molar-refractivity contribution >= 4 is 18.0 Å². The fourth-order valence-electron chi connectivity index (χ4n) is 2.96. The van der Waals surface area contributed by atoms with Crippen molar-refractivity contribution in [2.24, 2.45) is 11.3 Å². The minimum atomic E-state index is -1.02. The molecule has 0 spiro atoms. The van der Waals surface area contributed by atoms with E-state index in [2.05, 4.69) is 5.32 Å². The molecule has 2 N–H and O–H groups in total. The molecule has 0 aliphatic carbocycles. The first kappa shape index (κ1) is 21.0. The quantitative estimate of drug-likeness (QED) is 0.790. The van der Waals surface area contributed by atoms with E-state index in [0.717, 1.165) is 5.57 Å². The van der Waals surface area contributed by atoms with Crippen molar-refractivity contribution in [3.63, 3.8) is 0 Å². The van der Waals surface area contributed by atoms with Crippen LogP contribution in [0.3, 0.4) is 0 Å². The van der Waals surface area contributed by atoms with Gasteiger partial charge >= 0.3 is 12.1 Å². The molecule has 7 heteroatoms. The van der Waals surface area contributed by atoms with Gasteiger partial charge in [-0.2, -0.15) is 0 Å². The van der Waals surface area contributed by atoms with Gasteiger partial charge in [-0.3, -0.25) is 9.59 Å². The molecule has 0 radical (unpaired) electrons. The molecule has 2 amide bonds.